The van der Waals surface area contributed by atoms with Crippen molar-refractivity contribution in [2.75, 3.05) is 7.11 Å². The molecule has 0 saturated carbocycles. The van der Waals surface area contributed by atoms with Gasteiger partial charge in [0.25, 0.3) is 0 Å². The number of sulfonamides is 1. The van der Waals surface area contributed by atoms with E-state index >= 15 is 0 Å². The van der Waals surface area contributed by atoms with Crippen molar-refractivity contribution in [3.05, 3.63) is 35.4 Å². The van der Waals surface area contributed by atoms with Crippen LogP contribution in [0, 0.1) is 0 Å². The second-order valence-electron chi connectivity index (χ2n) is 5.69. The summed E-state index contributed by atoms with van der Waals surface area (Å²) in [5.41, 5.74) is 1.61. The molecule has 1 unspecified atom stereocenters. The summed E-state index contributed by atoms with van der Waals surface area (Å²) in [7, 11) is -2.27. The Kier molecular flexibility index (Phi) is 5.43. The zero-order valence-electron chi connectivity index (χ0n) is 13.2. The molecule has 0 heterocycles. The molecule has 126 valence electrons. The van der Waals surface area contributed by atoms with Gasteiger partial charge in [-0.15, -0.1) is 0 Å². The Morgan fingerprint density at radius 2 is 2.17 bits per heavy atom. The number of rotatable bonds is 6. The molecule has 0 radical (unpaired) electrons. The van der Waals surface area contributed by atoms with Gasteiger partial charge in [0.15, 0.2) is 0 Å². The maximum atomic E-state index is 12.5. The smallest absolute Gasteiger partial charge is 0.307 e. The lowest BCUT2D eigenvalue weighted by Gasteiger charge is -2.22. The first-order valence-electron chi connectivity index (χ1n) is 7.38. The van der Waals surface area contributed by atoms with Crippen LogP contribution in [0.3, 0.4) is 0 Å². The van der Waals surface area contributed by atoms with Gasteiger partial charge in [0.1, 0.15) is 5.75 Å². The quantitative estimate of drug-likeness (QED) is 0.774. The molecule has 0 aromatic heterocycles. The van der Waals surface area contributed by atoms with Crippen molar-refractivity contribution in [3.63, 3.8) is 0 Å². The van der Waals surface area contributed by atoms with Crippen molar-refractivity contribution in [2.45, 2.75) is 43.5 Å². The van der Waals surface area contributed by atoms with Gasteiger partial charge in [-0.25, -0.2) is 13.1 Å². The number of carboxylic acids is 1. The maximum absolute atomic E-state index is 12.5. The Morgan fingerprint density at radius 3 is 2.74 bits per heavy atom. The van der Waals surface area contributed by atoms with Crippen molar-refractivity contribution in [1.29, 1.82) is 0 Å². The molecule has 0 fully saturated rings. The molecule has 1 atom stereocenters. The molecule has 0 aliphatic heterocycles. The van der Waals surface area contributed by atoms with Gasteiger partial charge in [0.05, 0.1) is 18.4 Å². The highest BCUT2D eigenvalue weighted by Gasteiger charge is 2.22. The van der Waals surface area contributed by atoms with Gasteiger partial charge in [-0.1, -0.05) is 11.6 Å². The molecule has 0 spiro atoms. The zero-order chi connectivity index (χ0) is 17.0. The fourth-order valence-corrected chi connectivity index (χ4v) is 3.92. The van der Waals surface area contributed by atoms with Crippen LogP contribution in [-0.2, 0) is 21.2 Å². The number of allylic oxidation sites excluding steroid dienone is 1. The van der Waals surface area contributed by atoms with Crippen LogP contribution in [0.1, 0.15) is 31.7 Å². The molecule has 1 aromatic rings. The largest absolute Gasteiger partial charge is 0.496 e. The average Bonchev–Trinajstić information content (AvgIpc) is 2.49. The lowest BCUT2D eigenvalue weighted by molar-refractivity contribution is -0.136. The lowest BCUT2D eigenvalue weighted by Crippen LogP contribution is -2.35. The molecular formula is C16H21NO5S. The van der Waals surface area contributed by atoms with E-state index in [0.717, 1.165) is 12.8 Å². The SMILES string of the molecule is COc1ccc(S(=O)(=O)NC2CC=C(C)CC2)cc1CC(=O)O. The molecule has 1 aliphatic rings. The van der Waals surface area contributed by atoms with Gasteiger partial charge in [0.2, 0.25) is 10.0 Å². The number of nitrogens with one attached hydrogen (secondary N) is 1. The van der Waals surface area contributed by atoms with Gasteiger partial charge in [-0.05, 0) is 44.4 Å². The summed E-state index contributed by atoms with van der Waals surface area (Å²) < 4.78 is 32.8. The summed E-state index contributed by atoms with van der Waals surface area (Å²) in [6.07, 6.45) is 4.06. The zero-order valence-corrected chi connectivity index (χ0v) is 14.0. The molecule has 0 bridgehead atoms. The Labute approximate surface area is 136 Å². The van der Waals surface area contributed by atoms with E-state index in [-0.39, 0.29) is 17.4 Å². The number of carbonyl (C=O) groups is 1. The standard InChI is InChI=1S/C16H21NO5S/c1-11-3-5-13(6-4-11)17-23(20,21)14-7-8-15(22-2)12(9-14)10-16(18)19/h3,7-9,13,17H,4-6,10H2,1-2H3,(H,18,19). The van der Waals surface area contributed by atoms with E-state index in [4.69, 9.17) is 9.84 Å². The fraction of sp³-hybridized carbons (Fsp3) is 0.438. The Bertz CT molecular complexity index is 724. The van der Waals surface area contributed by atoms with Gasteiger partial charge < -0.3 is 9.84 Å². The molecule has 7 heteroatoms. The topological polar surface area (TPSA) is 92.7 Å². The molecule has 2 N–H and O–H groups in total. The third-order valence-electron chi connectivity index (χ3n) is 3.86. The van der Waals surface area contributed by atoms with Crippen LogP contribution in [0.4, 0.5) is 0 Å². The third-order valence-corrected chi connectivity index (χ3v) is 5.38. The number of aliphatic carboxylic acids is 1. The van der Waals surface area contributed by atoms with Crippen molar-refractivity contribution >= 4 is 16.0 Å². The van der Waals surface area contributed by atoms with E-state index in [1.807, 2.05) is 13.0 Å². The van der Waals surface area contributed by atoms with E-state index < -0.39 is 16.0 Å². The van der Waals surface area contributed by atoms with Crippen LogP contribution >= 0.6 is 0 Å². The van der Waals surface area contributed by atoms with E-state index in [0.29, 0.717) is 17.7 Å². The van der Waals surface area contributed by atoms with Crippen molar-refractivity contribution < 1.29 is 23.1 Å². The van der Waals surface area contributed by atoms with Crippen LogP contribution in [0.25, 0.3) is 0 Å². The first kappa shape index (κ1) is 17.5. The highest BCUT2D eigenvalue weighted by atomic mass is 32.2. The Hall–Kier alpha value is -1.86. The van der Waals surface area contributed by atoms with E-state index in [2.05, 4.69) is 4.72 Å². The average molecular weight is 339 g/mol. The number of benzene rings is 1. The predicted octanol–water partition coefficient (Wildman–Crippen LogP) is 2.10. The van der Waals surface area contributed by atoms with E-state index in [9.17, 15) is 13.2 Å². The van der Waals surface area contributed by atoms with Crippen molar-refractivity contribution in [2.24, 2.45) is 0 Å². The lowest BCUT2D eigenvalue weighted by atomic mass is 9.97. The number of hydrogen-bond donors (Lipinski definition) is 2. The highest BCUT2D eigenvalue weighted by molar-refractivity contribution is 7.89. The molecule has 0 amide bonds. The van der Waals surface area contributed by atoms with Crippen LogP contribution in [0.2, 0.25) is 0 Å². The molecular weight excluding hydrogens is 318 g/mol. The molecule has 6 nitrogen and oxygen atoms in total. The second-order valence-corrected chi connectivity index (χ2v) is 7.40. The summed E-state index contributed by atoms with van der Waals surface area (Å²) >= 11 is 0. The Morgan fingerprint density at radius 1 is 1.43 bits per heavy atom. The minimum Gasteiger partial charge on any atom is -0.496 e. The predicted molar refractivity (Wildman–Crippen MR) is 86.1 cm³/mol. The highest BCUT2D eigenvalue weighted by Crippen LogP contribution is 2.24. The molecule has 1 aromatic carbocycles. The number of carboxylic acid groups (broad SMARTS) is 1. The summed E-state index contributed by atoms with van der Waals surface area (Å²) in [5, 5.41) is 8.94. The summed E-state index contributed by atoms with van der Waals surface area (Å²) in [6.45, 7) is 2.03. The monoisotopic (exact) mass is 339 g/mol. The van der Waals surface area contributed by atoms with Crippen molar-refractivity contribution in [3.8, 4) is 5.75 Å². The molecule has 2 rings (SSSR count). The van der Waals surface area contributed by atoms with Gasteiger partial charge in [-0.2, -0.15) is 0 Å². The number of ether oxygens (including phenoxy) is 1. The van der Waals surface area contributed by atoms with Crippen molar-refractivity contribution in [1.82, 2.24) is 4.72 Å². The van der Waals surface area contributed by atoms with Gasteiger partial charge >= 0.3 is 5.97 Å². The molecule has 0 saturated heterocycles. The minimum atomic E-state index is -3.69. The van der Waals surface area contributed by atoms with Gasteiger partial charge in [0, 0.05) is 11.6 Å². The normalized spacial score (nSPS) is 18.3. The number of hydrogen-bond acceptors (Lipinski definition) is 4. The van der Waals surface area contributed by atoms with Gasteiger partial charge in [-0.3, -0.25) is 4.79 Å². The summed E-state index contributed by atoms with van der Waals surface area (Å²) in [5.74, 6) is -0.679. The second kappa shape index (κ2) is 7.14. The molecule has 23 heavy (non-hydrogen) atoms. The first-order valence-corrected chi connectivity index (χ1v) is 8.87. The summed E-state index contributed by atoms with van der Waals surface area (Å²) in [6, 6.07) is 4.14. The fourth-order valence-electron chi connectivity index (χ4n) is 2.58. The minimum absolute atomic E-state index is 0.0563. The van der Waals surface area contributed by atoms with E-state index in [1.165, 1.54) is 30.9 Å². The van der Waals surface area contributed by atoms with Crippen LogP contribution in [-0.4, -0.2) is 32.6 Å². The van der Waals surface area contributed by atoms with Crippen LogP contribution in [0.15, 0.2) is 34.7 Å². The maximum Gasteiger partial charge on any atom is 0.307 e. The third kappa shape index (κ3) is 4.56. The van der Waals surface area contributed by atoms with Crippen LogP contribution in [0.5, 0.6) is 5.75 Å². The molecule has 1 aliphatic carbocycles. The number of methoxy groups -OCH3 is 1. The summed E-state index contributed by atoms with van der Waals surface area (Å²) in [4.78, 5) is 11.0. The van der Waals surface area contributed by atoms with Crippen LogP contribution < -0.4 is 9.46 Å². The van der Waals surface area contributed by atoms with E-state index in [1.54, 1.807) is 0 Å². The first-order chi connectivity index (χ1) is 10.8. The Balaban J connectivity index is 2.23.